The zero-order chi connectivity index (χ0) is 30.0. The van der Waals surface area contributed by atoms with Gasteiger partial charge in [-0.05, 0) is 48.0 Å². The van der Waals surface area contributed by atoms with Gasteiger partial charge in [-0.15, -0.1) is 0 Å². The van der Waals surface area contributed by atoms with Crippen LogP contribution in [0.1, 0.15) is 5.56 Å². The average molecular weight is 579 g/mol. The zero-order valence-corrected chi connectivity index (χ0v) is 21.7. The number of phenolic OH excluding ortho intramolecular Hbond substituents is 3. The normalized spacial score (nSPS) is 22.3. The number of aromatic hydroxyl groups is 3. The van der Waals surface area contributed by atoms with Crippen LogP contribution in [0.15, 0.2) is 82.0 Å². The highest BCUT2D eigenvalue weighted by Gasteiger charge is 2.45. The first-order valence-corrected chi connectivity index (χ1v) is 12.7. The number of hydrogen-bond donors (Lipinski definition) is 6. The van der Waals surface area contributed by atoms with Gasteiger partial charge >= 0.3 is 5.97 Å². The summed E-state index contributed by atoms with van der Waals surface area (Å²) in [6, 6.07) is 15.5. The predicted octanol–water partition coefficient (Wildman–Crippen LogP) is 2.02. The summed E-state index contributed by atoms with van der Waals surface area (Å²) in [5, 5.41) is 60.5. The van der Waals surface area contributed by atoms with Crippen LogP contribution in [0.25, 0.3) is 28.4 Å². The SMILES string of the molecule is O=C(/C=C/c1ccc(O)cc1)OCC1O[C@@H](Oc2cc(O)c3c(=O)cc(-c4ccc(O)cc4)oc3c2)C(O)[C@@H](O)[C@@H]1O. The van der Waals surface area contributed by atoms with Crippen molar-refractivity contribution in [2.45, 2.75) is 30.7 Å². The third-order valence-corrected chi connectivity index (χ3v) is 6.55. The summed E-state index contributed by atoms with van der Waals surface area (Å²) in [6.45, 7) is -0.503. The largest absolute Gasteiger partial charge is 0.508 e. The van der Waals surface area contributed by atoms with Gasteiger partial charge in [-0.2, -0.15) is 0 Å². The minimum absolute atomic E-state index is 0.0205. The maximum Gasteiger partial charge on any atom is 0.330 e. The van der Waals surface area contributed by atoms with Gasteiger partial charge in [0.2, 0.25) is 6.29 Å². The van der Waals surface area contributed by atoms with Crippen LogP contribution in [0, 0.1) is 0 Å². The van der Waals surface area contributed by atoms with Crippen molar-refractivity contribution in [3.8, 4) is 34.3 Å². The van der Waals surface area contributed by atoms with Gasteiger partial charge in [-0.3, -0.25) is 4.79 Å². The van der Waals surface area contributed by atoms with Gasteiger partial charge in [0.25, 0.3) is 0 Å². The molecule has 0 bridgehead atoms. The number of carbonyl (C=O) groups excluding carboxylic acids is 1. The first kappa shape index (κ1) is 28.6. The third kappa shape index (κ3) is 6.21. The molecule has 0 aliphatic carbocycles. The molecule has 1 saturated heterocycles. The van der Waals surface area contributed by atoms with E-state index in [9.17, 15) is 40.2 Å². The van der Waals surface area contributed by atoms with Crippen LogP contribution in [0.3, 0.4) is 0 Å². The molecule has 218 valence electrons. The Hall–Kier alpha value is -4.88. The lowest BCUT2D eigenvalue weighted by molar-refractivity contribution is -0.278. The second-order valence-electron chi connectivity index (χ2n) is 9.52. The molecule has 12 nitrogen and oxygen atoms in total. The van der Waals surface area contributed by atoms with Crippen LogP contribution in [0.5, 0.6) is 23.0 Å². The summed E-state index contributed by atoms with van der Waals surface area (Å²) in [5.41, 5.74) is 0.501. The summed E-state index contributed by atoms with van der Waals surface area (Å²) >= 11 is 0. The Balaban J connectivity index is 1.31. The maximum absolute atomic E-state index is 12.7. The molecular weight excluding hydrogens is 552 g/mol. The molecular formula is C30H26O12. The topological polar surface area (TPSA) is 196 Å². The van der Waals surface area contributed by atoms with Crippen molar-refractivity contribution in [2.24, 2.45) is 0 Å². The Kier molecular flexibility index (Phi) is 8.13. The number of fused-ring (bicyclic) bond motifs is 1. The number of esters is 1. The molecule has 0 amide bonds. The molecule has 2 unspecified atom stereocenters. The second kappa shape index (κ2) is 11.9. The molecule has 0 spiro atoms. The van der Waals surface area contributed by atoms with E-state index < -0.39 is 54.5 Å². The molecule has 42 heavy (non-hydrogen) atoms. The third-order valence-electron chi connectivity index (χ3n) is 6.55. The molecule has 1 aromatic heterocycles. The van der Waals surface area contributed by atoms with E-state index in [4.69, 9.17) is 18.6 Å². The molecule has 4 aromatic rings. The maximum atomic E-state index is 12.7. The van der Waals surface area contributed by atoms with Gasteiger partial charge in [-0.25, -0.2) is 4.79 Å². The Morgan fingerprint density at radius 3 is 2.21 bits per heavy atom. The monoisotopic (exact) mass is 578 g/mol. The first-order chi connectivity index (χ1) is 20.1. The number of rotatable bonds is 7. The molecule has 6 N–H and O–H groups in total. The van der Waals surface area contributed by atoms with Gasteiger partial charge in [-0.1, -0.05) is 12.1 Å². The Morgan fingerprint density at radius 2 is 1.52 bits per heavy atom. The van der Waals surface area contributed by atoms with E-state index in [1.807, 2.05) is 0 Å². The summed E-state index contributed by atoms with van der Waals surface area (Å²) < 4.78 is 22.2. The number of aliphatic hydroxyl groups is 3. The molecule has 0 saturated carbocycles. The fourth-order valence-electron chi connectivity index (χ4n) is 4.33. The van der Waals surface area contributed by atoms with Crippen molar-refractivity contribution >= 4 is 23.0 Å². The van der Waals surface area contributed by atoms with Crippen molar-refractivity contribution in [3.05, 3.63) is 88.6 Å². The molecule has 1 fully saturated rings. The molecule has 5 atom stereocenters. The van der Waals surface area contributed by atoms with E-state index in [0.29, 0.717) is 11.1 Å². The highest BCUT2D eigenvalue weighted by Crippen LogP contribution is 2.33. The fraction of sp³-hybridized carbons (Fsp3) is 0.200. The number of phenols is 3. The number of carbonyl (C=O) groups is 1. The van der Waals surface area contributed by atoms with Crippen LogP contribution in [0.4, 0.5) is 0 Å². The van der Waals surface area contributed by atoms with E-state index in [-0.39, 0.29) is 34.0 Å². The first-order valence-electron chi connectivity index (χ1n) is 12.7. The minimum atomic E-state index is -1.74. The number of hydrogen-bond acceptors (Lipinski definition) is 12. The molecule has 5 rings (SSSR count). The standard InChI is InChI=1S/C30H26O12/c31-17-6-1-15(2-7-17)3-10-25(35)39-14-24-27(36)28(37)29(38)30(42-24)40-19-11-20(33)26-21(34)13-22(41-23(26)12-19)16-4-8-18(32)9-5-16/h1-13,24,27-33,36-38H,14H2/b10-3+/t24?,27-,28+,29?,30-/m1/s1. The van der Waals surface area contributed by atoms with Crippen molar-refractivity contribution in [1.82, 2.24) is 0 Å². The van der Waals surface area contributed by atoms with Crippen molar-refractivity contribution < 1.29 is 54.1 Å². The van der Waals surface area contributed by atoms with Gasteiger partial charge < -0.3 is 49.3 Å². The minimum Gasteiger partial charge on any atom is -0.508 e. The molecule has 1 aliphatic rings. The molecule has 3 aromatic carbocycles. The van der Waals surface area contributed by atoms with Crippen LogP contribution < -0.4 is 10.2 Å². The van der Waals surface area contributed by atoms with Gasteiger partial charge in [0, 0.05) is 29.8 Å². The Labute approximate surface area is 237 Å². The predicted molar refractivity (Wildman–Crippen MR) is 147 cm³/mol. The molecule has 0 radical (unpaired) electrons. The Morgan fingerprint density at radius 1 is 0.857 bits per heavy atom. The second-order valence-corrected chi connectivity index (χ2v) is 9.52. The van der Waals surface area contributed by atoms with Crippen molar-refractivity contribution in [3.63, 3.8) is 0 Å². The van der Waals surface area contributed by atoms with E-state index >= 15 is 0 Å². The van der Waals surface area contributed by atoms with Gasteiger partial charge in [0.05, 0.1) is 0 Å². The smallest absolute Gasteiger partial charge is 0.330 e. The highest BCUT2D eigenvalue weighted by atomic mass is 16.7. The summed E-state index contributed by atoms with van der Waals surface area (Å²) in [5.74, 6) is -1.13. The van der Waals surface area contributed by atoms with Crippen molar-refractivity contribution in [1.29, 1.82) is 0 Å². The average Bonchev–Trinajstić information content (AvgIpc) is 2.96. The molecule has 12 heteroatoms. The van der Waals surface area contributed by atoms with Crippen LogP contribution in [-0.4, -0.2) is 73.9 Å². The van der Waals surface area contributed by atoms with E-state index in [1.165, 1.54) is 54.6 Å². The highest BCUT2D eigenvalue weighted by molar-refractivity contribution is 5.87. The number of ether oxygens (including phenoxy) is 3. The van der Waals surface area contributed by atoms with Gasteiger partial charge in [0.1, 0.15) is 70.8 Å². The van der Waals surface area contributed by atoms with E-state index in [0.717, 1.165) is 12.1 Å². The summed E-state index contributed by atoms with van der Waals surface area (Å²) in [4.78, 5) is 24.9. The van der Waals surface area contributed by atoms with Crippen LogP contribution in [0.2, 0.25) is 0 Å². The summed E-state index contributed by atoms with van der Waals surface area (Å²) in [7, 11) is 0. The number of aliphatic hydroxyl groups excluding tert-OH is 3. The quantitative estimate of drug-likeness (QED) is 0.138. The van der Waals surface area contributed by atoms with Crippen molar-refractivity contribution in [2.75, 3.05) is 6.61 Å². The van der Waals surface area contributed by atoms with E-state index in [2.05, 4.69) is 0 Å². The lowest BCUT2D eigenvalue weighted by Gasteiger charge is -2.39. The lowest BCUT2D eigenvalue weighted by Crippen LogP contribution is -2.60. The Bertz CT molecular complexity index is 1660. The number of benzene rings is 3. The lowest BCUT2D eigenvalue weighted by atomic mass is 9.99. The van der Waals surface area contributed by atoms with Gasteiger partial charge in [0.15, 0.2) is 5.43 Å². The van der Waals surface area contributed by atoms with Crippen LogP contribution >= 0.6 is 0 Å². The fourth-order valence-corrected chi connectivity index (χ4v) is 4.33. The molecule has 1 aliphatic heterocycles. The summed E-state index contributed by atoms with van der Waals surface area (Å²) in [6.07, 6.45) is -5.43. The van der Waals surface area contributed by atoms with Crippen LogP contribution in [-0.2, 0) is 14.3 Å². The zero-order valence-electron chi connectivity index (χ0n) is 21.7. The van der Waals surface area contributed by atoms with E-state index in [1.54, 1.807) is 12.1 Å². The molecule has 2 heterocycles.